The molecule has 0 spiro atoms. The first-order chi connectivity index (χ1) is 14.0. The second-order valence-electron chi connectivity index (χ2n) is 6.97. The summed E-state index contributed by atoms with van der Waals surface area (Å²) in [6.07, 6.45) is 3.62. The molecule has 4 aromatic rings. The van der Waals surface area contributed by atoms with Gasteiger partial charge in [-0.15, -0.1) is 6.58 Å². The summed E-state index contributed by atoms with van der Waals surface area (Å²) in [5.74, 6) is 0.544. The number of aromatic amines is 2. The first-order valence-electron chi connectivity index (χ1n) is 9.43. The Kier molecular flexibility index (Phi) is 4.75. The fourth-order valence-electron chi connectivity index (χ4n) is 3.66. The molecule has 3 aromatic heterocycles. The third-order valence-electron chi connectivity index (χ3n) is 5.09. The van der Waals surface area contributed by atoms with Crippen molar-refractivity contribution >= 4 is 0 Å². The molecule has 1 atom stereocenters. The van der Waals surface area contributed by atoms with Gasteiger partial charge < -0.3 is 4.57 Å². The molecule has 0 unspecified atom stereocenters. The molecule has 0 bridgehead atoms. The largest absolute Gasteiger partial charge is 0.340 e. The van der Waals surface area contributed by atoms with E-state index >= 15 is 0 Å². The predicted octanol–water partition coefficient (Wildman–Crippen LogP) is 3.24. The maximum Gasteiger partial charge on any atom is 0.340 e. The predicted molar refractivity (Wildman–Crippen MR) is 112 cm³/mol. The molecule has 0 aliphatic carbocycles. The number of nitrogens with one attached hydrogen (secondary N) is 2. The summed E-state index contributed by atoms with van der Waals surface area (Å²) in [6, 6.07) is 9.82. The maximum atomic E-state index is 11.6. The lowest BCUT2D eigenvalue weighted by molar-refractivity contribution is 0.606. The molecule has 0 aliphatic rings. The van der Waals surface area contributed by atoms with Gasteiger partial charge in [-0.2, -0.15) is 10.2 Å². The van der Waals surface area contributed by atoms with Gasteiger partial charge in [0.1, 0.15) is 0 Å². The number of aromatic nitrogens is 7. The molecule has 0 saturated carbocycles. The minimum absolute atomic E-state index is 0.226. The summed E-state index contributed by atoms with van der Waals surface area (Å²) >= 11 is 0. The van der Waals surface area contributed by atoms with Gasteiger partial charge in [-0.05, 0) is 20.8 Å². The van der Waals surface area contributed by atoms with Crippen LogP contribution < -0.4 is 5.69 Å². The first kappa shape index (κ1) is 18.7. The second-order valence-corrected chi connectivity index (χ2v) is 6.97. The van der Waals surface area contributed by atoms with E-state index in [4.69, 9.17) is 10.1 Å². The SMILES string of the molecule is C=CCn1nc(C)c(-c2c(-c3ccccc3)ncn2[C@@H](C)c2n[nH]c(=O)[nH]2)c1C. The summed E-state index contributed by atoms with van der Waals surface area (Å²) in [7, 11) is 0. The monoisotopic (exact) mass is 389 g/mol. The number of hydrogen-bond donors (Lipinski definition) is 2. The Bertz CT molecular complexity index is 1210. The molecule has 4 rings (SSSR count). The summed E-state index contributed by atoms with van der Waals surface area (Å²) in [4.78, 5) is 19.1. The topological polar surface area (TPSA) is 97.2 Å². The lowest BCUT2D eigenvalue weighted by atomic mass is 10.0. The molecule has 1 aromatic carbocycles. The van der Waals surface area contributed by atoms with Crippen LogP contribution in [0.3, 0.4) is 0 Å². The molecule has 29 heavy (non-hydrogen) atoms. The summed E-state index contributed by atoms with van der Waals surface area (Å²) in [6.45, 7) is 10.5. The van der Waals surface area contributed by atoms with Gasteiger partial charge in [-0.25, -0.2) is 14.9 Å². The zero-order chi connectivity index (χ0) is 20.5. The van der Waals surface area contributed by atoms with Gasteiger partial charge in [0, 0.05) is 16.8 Å². The average molecular weight is 389 g/mol. The van der Waals surface area contributed by atoms with E-state index in [2.05, 4.69) is 21.8 Å². The van der Waals surface area contributed by atoms with Gasteiger partial charge in [0.15, 0.2) is 5.82 Å². The van der Waals surface area contributed by atoms with Crippen LogP contribution in [0, 0.1) is 13.8 Å². The van der Waals surface area contributed by atoms with E-state index in [1.807, 2.05) is 66.4 Å². The van der Waals surface area contributed by atoms with Crippen molar-refractivity contribution in [3.05, 3.63) is 77.0 Å². The minimum Gasteiger partial charge on any atom is -0.319 e. The highest BCUT2D eigenvalue weighted by atomic mass is 16.1. The molecule has 8 heteroatoms. The molecular weight excluding hydrogens is 366 g/mol. The van der Waals surface area contributed by atoms with E-state index in [1.54, 1.807) is 6.33 Å². The first-order valence-corrected chi connectivity index (χ1v) is 9.43. The number of aryl methyl sites for hydroxylation is 1. The van der Waals surface area contributed by atoms with Gasteiger partial charge in [0.2, 0.25) is 0 Å². The van der Waals surface area contributed by atoms with Crippen molar-refractivity contribution in [1.82, 2.24) is 34.5 Å². The zero-order valence-electron chi connectivity index (χ0n) is 16.7. The standard InChI is InChI=1S/C21H23N7O/c1-5-11-28-14(3)17(13(2)26-28)19-18(16-9-7-6-8-10-16)22-12-27(19)15(4)20-23-21(29)25-24-20/h5-10,12,15H,1,11H2,2-4H3,(H2,23,24,25,29)/t15-/m0/s1. The van der Waals surface area contributed by atoms with Gasteiger partial charge in [0.25, 0.3) is 0 Å². The third-order valence-corrected chi connectivity index (χ3v) is 5.09. The Labute approximate surface area is 167 Å². The smallest absolute Gasteiger partial charge is 0.319 e. The highest BCUT2D eigenvalue weighted by molar-refractivity contribution is 5.81. The van der Waals surface area contributed by atoms with Crippen LogP contribution in [0.2, 0.25) is 0 Å². The van der Waals surface area contributed by atoms with E-state index < -0.39 is 0 Å². The molecule has 0 fully saturated rings. The fraction of sp³-hybridized carbons (Fsp3) is 0.238. The van der Waals surface area contributed by atoms with Crippen molar-refractivity contribution in [2.45, 2.75) is 33.4 Å². The zero-order valence-corrected chi connectivity index (χ0v) is 16.7. The Morgan fingerprint density at radius 2 is 2.00 bits per heavy atom. The van der Waals surface area contributed by atoms with Crippen LogP contribution >= 0.6 is 0 Å². The second kappa shape index (κ2) is 7.38. The van der Waals surface area contributed by atoms with Crippen LogP contribution in [0.15, 0.2) is 54.1 Å². The Balaban J connectivity index is 1.96. The van der Waals surface area contributed by atoms with Crippen molar-refractivity contribution in [2.24, 2.45) is 0 Å². The molecule has 0 amide bonds. The number of allylic oxidation sites excluding steroid dienone is 1. The summed E-state index contributed by atoms with van der Waals surface area (Å²) < 4.78 is 3.97. The van der Waals surface area contributed by atoms with Gasteiger partial charge in [0.05, 0.1) is 36.0 Å². The Morgan fingerprint density at radius 1 is 1.24 bits per heavy atom. The number of rotatable bonds is 6. The van der Waals surface area contributed by atoms with Crippen molar-refractivity contribution < 1.29 is 0 Å². The van der Waals surface area contributed by atoms with Gasteiger partial charge >= 0.3 is 5.69 Å². The van der Waals surface area contributed by atoms with E-state index in [9.17, 15) is 4.79 Å². The third kappa shape index (κ3) is 3.22. The summed E-state index contributed by atoms with van der Waals surface area (Å²) in [5.41, 5.74) is 5.45. The van der Waals surface area contributed by atoms with E-state index in [-0.39, 0.29) is 11.7 Å². The molecule has 3 heterocycles. The van der Waals surface area contributed by atoms with Crippen LogP contribution in [0.4, 0.5) is 0 Å². The number of hydrogen-bond acceptors (Lipinski definition) is 4. The number of imidazole rings is 1. The lowest BCUT2D eigenvalue weighted by Gasteiger charge is -2.16. The molecule has 0 aliphatic heterocycles. The van der Waals surface area contributed by atoms with E-state index in [0.29, 0.717) is 12.4 Å². The van der Waals surface area contributed by atoms with Crippen molar-refractivity contribution in [2.75, 3.05) is 0 Å². The number of benzene rings is 1. The molecule has 0 saturated heterocycles. The molecule has 0 radical (unpaired) electrons. The highest BCUT2D eigenvalue weighted by Crippen LogP contribution is 2.37. The van der Waals surface area contributed by atoms with Crippen molar-refractivity contribution in [1.29, 1.82) is 0 Å². The van der Waals surface area contributed by atoms with Crippen LogP contribution in [-0.2, 0) is 6.54 Å². The Hall–Kier alpha value is -3.68. The fourth-order valence-corrected chi connectivity index (χ4v) is 3.66. The molecular formula is C21H23N7O. The van der Waals surface area contributed by atoms with Crippen LogP contribution in [0.25, 0.3) is 22.5 Å². The van der Waals surface area contributed by atoms with Gasteiger partial charge in [-0.1, -0.05) is 36.4 Å². The number of nitrogens with zero attached hydrogens (tertiary/aromatic N) is 5. The lowest BCUT2D eigenvalue weighted by Crippen LogP contribution is -2.11. The molecule has 2 N–H and O–H groups in total. The molecule has 148 valence electrons. The maximum absolute atomic E-state index is 11.6. The summed E-state index contributed by atoms with van der Waals surface area (Å²) in [5, 5.41) is 11.2. The van der Waals surface area contributed by atoms with Crippen molar-refractivity contribution in [3.63, 3.8) is 0 Å². The highest BCUT2D eigenvalue weighted by Gasteiger charge is 2.25. The van der Waals surface area contributed by atoms with Crippen LogP contribution in [0.1, 0.15) is 30.2 Å². The molecule has 8 nitrogen and oxygen atoms in total. The number of H-pyrrole nitrogens is 2. The van der Waals surface area contributed by atoms with E-state index in [0.717, 1.165) is 33.9 Å². The van der Waals surface area contributed by atoms with E-state index in [1.165, 1.54) is 0 Å². The average Bonchev–Trinajstić information content (AvgIpc) is 3.40. The minimum atomic E-state index is -0.331. The normalized spacial score (nSPS) is 12.2. The van der Waals surface area contributed by atoms with Crippen LogP contribution in [0.5, 0.6) is 0 Å². The van der Waals surface area contributed by atoms with Crippen LogP contribution in [-0.4, -0.2) is 34.5 Å². The quantitative estimate of drug-likeness (QED) is 0.495. The van der Waals surface area contributed by atoms with Crippen molar-refractivity contribution in [3.8, 4) is 22.5 Å². The van der Waals surface area contributed by atoms with Gasteiger partial charge in [-0.3, -0.25) is 9.67 Å². The Morgan fingerprint density at radius 3 is 2.66 bits per heavy atom.